The van der Waals surface area contributed by atoms with E-state index in [0.717, 1.165) is 0 Å². The standard InChI is InChI=1S/C18H18N2O3/c1-10-16(12(3)21)11(2)20-17(10)18(22)13(4)23-15-7-5-14(9-19)6-8-15/h5-8,13,20H,1-4H3/t13-/m1/s1. The van der Waals surface area contributed by atoms with Gasteiger partial charge in [-0.3, -0.25) is 9.59 Å². The van der Waals surface area contributed by atoms with Gasteiger partial charge in [-0.2, -0.15) is 5.26 Å². The zero-order valence-electron chi connectivity index (χ0n) is 13.6. The van der Waals surface area contributed by atoms with Gasteiger partial charge in [-0.25, -0.2) is 0 Å². The van der Waals surface area contributed by atoms with Crippen molar-refractivity contribution in [1.82, 2.24) is 4.98 Å². The van der Waals surface area contributed by atoms with Crippen LogP contribution in [0.3, 0.4) is 0 Å². The van der Waals surface area contributed by atoms with Gasteiger partial charge in [0.15, 0.2) is 11.9 Å². The van der Waals surface area contributed by atoms with Gasteiger partial charge in [-0.1, -0.05) is 0 Å². The van der Waals surface area contributed by atoms with Gasteiger partial charge < -0.3 is 9.72 Å². The lowest BCUT2D eigenvalue weighted by atomic mass is 10.0. The molecule has 23 heavy (non-hydrogen) atoms. The summed E-state index contributed by atoms with van der Waals surface area (Å²) >= 11 is 0. The SMILES string of the molecule is CC(=O)c1c(C)[nH]c(C(=O)[C@@H](C)Oc2ccc(C#N)cc2)c1C. The van der Waals surface area contributed by atoms with E-state index in [1.54, 1.807) is 45.0 Å². The molecule has 5 heteroatoms. The summed E-state index contributed by atoms with van der Waals surface area (Å²) in [6, 6.07) is 8.58. The van der Waals surface area contributed by atoms with Crippen LogP contribution in [0.4, 0.5) is 0 Å². The second-order valence-electron chi connectivity index (χ2n) is 5.44. The molecule has 1 aromatic heterocycles. The summed E-state index contributed by atoms with van der Waals surface area (Å²) in [5, 5.41) is 8.77. The Morgan fingerprint density at radius 3 is 2.30 bits per heavy atom. The van der Waals surface area contributed by atoms with Gasteiger partial charge in [0.2, 0.25) is 5.78 Å². The van der Waals surface area contributed by atoms with E-state index < -0.39 is 6.10 Å². The lowest BCUT2D eigenvalue weighted by Crippen LogP contribution is -2.25. The predicted molar refractivity (Wildman–Crippen MR) is 85.8 cm³/mol. The summed E-state index contributed by atoms with van der Waals surface area (Å²) < 4.78 is 5.63. The average molecular weight is 310 g/mol. The zero-order valence-corrected chi connectivity index (χ0v) is 13.6. The number of carbonyl (C=O) groups is 2. The largest absolute Gasteiger partial charge is 0.483 e. The van der Waals surface area contributed by atoms with Gasteiger partial charge in [-0.05, 0) is 57.5 Å². The van der Waals surface area contributed by atoms with E-state index in [4.69, 9.17) is 10.00 Å². The van der Waals surface area contributed by atoms with Crippen LogP contribution in [0.1, 0.15) is 51.5 Å². The van der Waals surface area contributed by atoms with Gasteiger partial charge >= 0.3 is 0 Å². The number of Topliss-reactive ketones (excluding diaryl/α,β-unsaturated/α-hetero) is 2. The molecule has 0 aliphatic rings. The van der Waals surface area contributed by atoms with E-state index in [0.29, 0.717) is 33.8 Å². The van der Waals surface area contributed by atoms with Gasteiger partial charge in [0, 0.05) is 11.3 Å². The van der Waals surface area contributed by atoms with Crippen molar-refractivity contribution < 1.29 is 14.3 Å². The highest BCUT2D eigenvalue weighted by Crippen LogP contribution is 2.21. The first kappa shape index (κ1) is 16.5. The zero-order chi connectivity index (χ0) is 17.1. The molecule has 0 fully saturated rings. The number of nitriles is 1. The molecule has 1 N–H and O–H groups in total. The van der Waals surface area contributed by atoms with E-state index in [1.807, 2.05) is 6.07 Å². The third-order valence-electron chi connectivity index (χ3n) is 3.70. The molecule has 0 aliphatic heterocycles. The normalized spacial score (nSPS) is 11.6. The van der Waals surface area contributed by atoms with Crippen LogP contribution in [0, 0.1) is 25.2 Å². The van der Waals surface area contributed by atoms with Crippen molar-refractivity contribution in [3.8, 4) is 11.8 Å². The van der Waals surface area contributed by atoms with E-state index in [1.165, 1.54) is 6.92 Å². The third-order valence-corrected chi connectivity index (χ3v) is 3.70. The van der Waals surface area contributed by atoms with Gasteiger partial charge in [0.1, 0.15) is 5.75 Å². The summed E-state index contributed by atoms with van der Waals surface area (Å²) in [4.78, 5) is 27.2. The topological polar surface area (TPSA) is 82.9 Å². The second-order valence-corrected chi connectivity index (χ2v) is 5.44. The molecule has 2 rings (SSSR count). The number of aromatic nitrogens is 1. The number of nitrogens with one attached hydrogen (secondary N) is 1. The number of ether oxygens (including phenoxy) is 1. The molecule has 0 aliphatic carbocycles. The van der Waals surface area contributed by atoms with E-state index in [-0.39, 0.29) is 11.6 Å². The quantitative estimate of drug-likeness (QED) is 0.858. The lowest BCUT2D eigenvalue weighted by molar-refractivity contribution is 0.0812. The predicted octanol–water partition coefficient (Wildman–Crippen LogP) is 3.36. The Balaban J connectivity index is 2.21. The van der Waals surface area contributed by atoms with Crippen LogP contribution in [-0.2, 0) is 0 Å². The van der Waals surface area contributed by atoms with E-state index in [2.05, 4.69) is 4.98 Å². The number of H-pyrrole nitrogens is 1. The highest BCUT2D eigenvalue weighted by molar-refractivity contribution is 6.04. The van der Waals surface area contributed by atoms with Gasteiger partial charge in [-0.15, -0.1) is 0 Å². The maximum absolute atomic E-state index is 12.6. The fourth-order valence-electron chi connectivity index (χ4n) is 2.59. The Hall–Kier alpha value is -2.87. The second kappa shape index (κ2) is 6.49. The summed E-state index contributed by atoms with van der Waals surface area (Å²) in [7, 11) is 0. The van der Waals surface area contributed by atoms with Crippen LogP contribution in [0.5, 0.6) is 5.75 Å². The minimum Gasteiger partial charge on any atom is -0.483 e. The van der Waals surface area contributed by atoms with Crippen molar-refractivity contribution in [2.45, 2.75) is 33.8 Å². The van der Waals surface area contributed by atoms with Crippen molar-refractivity contribution in [2.75, 3.05) is 0 Å². The number of ketones is 2. The Morgan fingerprint density at radius 2 is 1.83 bits per heavy atom. The molecule has 0 bridgehead atoms. The van der Waals surface area contributed by atoms with Gasteiger partial charge in [0.25, 0.3) is 0 Å². The number of rotatable bonds is 5. The summed E-state index contributed by atoms with van der Waals surface area (Å²) in [6.45, 7) is 6.66. The fraction of sp³-hybridized carbons (Fsp3) is 0.278. The first-order valence-electron chi connectivity index (χ1n) is 7.26. The summed E-state index contributed by atoms with van der Waals surface area (Å²) in [5.41, 5.74) is 2.81. The molecule has 0 saturated carbocycles. The number of carbonyl (C=O) groups excluding carboxylic acids is 2. The smallest absolute Gasteiger partial charge is 0.219 e. The highest BCUT2D eigenvalue weighted by atomic mass is 16.5. The van der Waals surface area contributed by atoms with Crippen LogP contribution < -0.4 is 4.74 Å². The van der Waals surface area contributed by atoms with Crippen LogP contribution in [0.15, 0.2) is 24.3 Å². The molecule has 0 unspecified atom stereocenters. The first-order valence-corrected chi connectivity index (χ1v) is 7.26. The van der Waals surface area contributed by atoms with Crippen LogP contribution in [0.25, 0.3) is 0 Å². The van der Waals surface area contributed by atoms with Crippen LogP contribution in [0.2, 0.25) is 0 Å². The molecule has 0 saturated heterocycles. The minimum atomic E-state index is -0.709. The van der Waals surface area contributed by atoms with Crippen molar-refractivity contribution >= 4 is 11.6 Å². The maximum atomic E-state index is 12.6. The molecule has 0 amide bonds. The Bertz CT molecular complexity index is 795. The lowest BCUT2D eigenvalue weighted by Gasteiger charge is -2.13. The summed E-state index contributed by atoms with van der Waals surface area (Å²) in [6.07, 6.45) is -0.709. The third kappa shape index (κ3) is 3.32. The number of nitrogens with zero attached hydrogens (tertiary/aromatic N) is 1. The Labute approximate surface area is 134 Å². The van der Waals surface area contributed by atoms with Crippen molar-refractivity contribution in [1.29, 1.82) is 5.26 Å². The molecule has 1 heterocycles. The number of aryl methyl sites for hydroxylation is 1. The molecular formula is C18H18N2O3. The summed E-state index contributed by atoms with van der Waals surface area (Å²) in [5.74, 6) is 0.219. The minimum absolute atomic E-state index is 0.0732. The molecule has 5 nitrogen and oxygen atoms in total. The molecule has 0 radical (unpaired) electrons. The van der Waals surface area contributed by atoms with Crippen molar-refractivity contribution in [2.24, 2.45) is 0 Å². The number of aromatic amines is 1. The van der Waals surface area contributed by atoms with E-state index in [9.17, 15) is 9.59 Å². The number of hydrogen-bond acceptors (Lipinski definition) is 4. The van der Waals surface area contributed by atoms with Crippen LogP contribution in [-0.4, -0.2) is 22.7 Å². The molecule has 1 aromatic carbocycles. The molecule has 0 spiro atoms. The maximum Gasteiger partial charge on any atom is 0.219 e. The molecule has 118 valence electrons. The molecule has 2 aromatic rings. The molecular weight excluding hydrogens is 292 g/mol. The molecule has 1 atom stereocenters. The van der Waals surface area contributed by atoms with Gasteiger partial charge in [0.05, 0.1) is 17.3 Å². The first-order chi connectivity index (χ1) is 10.8. The van der Waals surface area contributed by atoms with Crippen molar-refractivity contribution in [3.63, 3.8) is 0 Å². The highest BCUT2D eigenvalue weighted by Gasteiger charge is 2.24. The Kier molecular flexibility index (Phi) is 4.65. The van der Waals surface area contributed by atoms with Crippen LogP contribution >= 0.6 is 0 Å². The van der Waals surface area contributed by atoms with Crippen molar-refractivity contribution in [3.05, 3.63) is 52.3 Å². The average Bonchev–Trinajstić information content (AvgIpc) is 2.82. The Morgan fingerprint density at radius 1 is 1.22 bits per heavy atom. The number of hydrogen-bond donors (Lipinski definition) is 1. The monoisotopic (exact) mass is 310 g/mol. The van der Waals surface area contributed by atoms with E-state index >= 15 is 0 Å². The fourth-order valence-corrected chi connectivity index (χ4v) is 2.59. The number of benzene rings is 1.